The summed E-state index contributed by atoms with van der Waals surface area (Å²) in [6, 6.07) is 11.3. The number of amides is 1. The van der Waals surface area contributed by atoms with Crippen molar-refractivity contribution in [2.24, 2.45) is 5.41 Å². The molecule has 8 heteroatoms. The van der Waals surface area contributed by atoms with Crippen LogP contribution < -0.4 is 10.2 Å². The minimum atomic E-state index is -0.782. The van der Waals surface area contributed by atoms with Crippen molar-refractivity contribution in [2.45, 2.75) is 25.2 Å². The fraction of sp³-hybridized carbons (Fsp3) is 0.409. The lowest BCUT2D eigenvalue weighted by Crippen LogP contribution is -2.40. The van der Waals surface area contributed by atoms with Crippen molar-refractivity contribution in [3.8, 4) is 0 Å². The van der Waals surface area contributed by atoms with Gasteiger partial charge in [0.05, 0.1) is 19.8 Å². The molecular formula is C22H22F2N2O4. The molecule has 158 valence electrons. The molecule has 2 heterocycles. The maximum Gasteiger partial charge on any atom is 0.411 e. The van der Waals surface area contributed by atoms with Gasteiger partial charge in [-0.05, 0) is 30.5 Å². The Labute approximate surface area is 172 Å². The predicted octanol–water partition coefficient (Wildman–Crippen LogP) is 4.06. The molecule has 3 fully saturated rings. The number of anilines is 2. The molecule has 2 saturated heterocycles. The van der Waals surface area contributed by atoms with Crippen molar-refractivity contribution in [3.05, 3.63) is 59.7 Å². The summed E-state index contributed by atoms with van der Waals surface area (Å²) in [5.74, 6) is -2.28. The summed E-state index contributed by atoms with van der Waals surface area (Å²) in [4.78, 5) is 13.6. The van der Waals surface area contributed by atoms with E-state index in [1.807, 2.05) is 30.3 Å². The Morgan fingerprint density at radius 1 is 1.07 bits per heavy atom. The number of halogens is 2. The minimum Gasteiger partial charge on any atom is -0.444 e. The molecule has 0 bridgehead atoms. The van der Waals surface area contributed by atoms with Gasteiger partial charge >= 0.3 is 6.09 Å². The first kappa shape index (κ1) is 19.3. The molecule has 1 amide bonds. The Morgan fingerprint density at radius 3 is 2.37 bits per heavy atom. The Hall–Kier alpha value is -2.71. The van der Waals surface area contributed by atoms with Crippen molar-refractivity contribution in [1.82, 2.24) is 0 Å². The third-order valence-electron chi connectivity index (χ3n) is 6.10. The molecule has 0 aromatic heterocycles. The van der Waals surface area contributed by atoms with Crippen LogP contribution in [-0.2, 0) is 20.8 Å². The number of benzene rings is 2. The van der Waals surface area contributed by atoms with Crippen molar-refractivity contribution < 1.29 is 27.8 Å². The molecule has 0 radical (unpaired) electrons. The Balaban J connectivity index is 1.28. The fourth-order valence-corrected chi connectivity index (χ4v) is 4.48. The quantitative estimate of drug-likeness (QED) is 0.815. The first-order valence-electron chi connectivity index (χ1n) is 10.00. The summed E-state index contributed by atoms with van der Waals surface area (Å²) >= 11 is 0. The third-order valence-corrected chi connectivity index (χ3v) is 6.10. The molecule has 0 atom stereocenters. The minimum absolute atomic E-state index is 0.00442. The summed E-state index contributed by atoms with van der Waals surface area (Å²) in [6.07, 6.45) is 1.05. The van der Waals surface area contributed by atoms with Crippen LogP contribution in [0.15, 0.2) is 42.5 Å². The smallest absolute Gasteiger partial charge is 0.411 e. The fourth-order valence-electron chi connectivity index (χ4n) is 4.48. The number of nitrogens with zero attached hydrogens (tertiary/aromatic N) is 1. The molecule has 1 N–H and O–H groups in total. The highest BCUT2D eigenvalue weighted by Crippen LogP contribution is 2.62. The van der Waals surface area contributed by atoms with Gasteiger partial charge in [0.25, 0.3) is 0 Å². The lowest BCUT2D eigenvalue weighted by molar-refractivity contribution is -0.178. The van der Waals surface area contributed by atoms with Gasteiger partial charge in [0.1, 0.15) is 12.3 Å². The molecule has 2 aromatic rings. The van der Waals surface area contributed by atoms with Crippen LogP contribution in [-0.4, -0.2) is 38.2 Å². The van der Waals surface area contributed by atoms with Gasteiger partial charge in [0.15, 0.2) is 17.4 Å². The standard InChI is InChI=1S/C22H22F2N2O4/c23-17-10-16(25-20(27)28-12-15-4-2-1-3-5-15)11-18(24)19(17)26-13-21(6-7-21)22(14-26)29-8-9-30-22/h1-5,10-11H,6-9,12-14H2,(H,25,27). The van der Waals surface area contributed by atoms with Crippen LogP contribution in [0.2, 0.25) is 0 Å². The molecule has 2 aliphatic heterocycles. The van der Waals surface area contributed by atoms with Crippen LogP contribution in [0.5, 0.6) is 0 Å². The predicted molar refractivity (Wildman–Crippen MR) is 105 cm³/mol. The van der Waals surface area contributed by atoms with Crippen molar-refractivity contribution in [1.29, 1.82) is 0 Å². The van der Waals surface area contributed by atoms with E-state index in [0.717, 1.165) is 30.5 Å². The average molecular weight is 416 g/mol. The van der Waals surface area contributed by atoms with Gasteiger partial charge in [-0.15, -0.1) is 0 Å². The zero-order chi connectivity index (χ0) is 20.8. The zero-order valence-electron chi connectivity index (χ0n) is 16.3. The van der Waals surface area contributed by atoms with Crippen LogP contribution in [0, 0.1) is 17.0 Å². The molecule has 6 nitrogen and oxygen atoms in total. The molecule has 30 heavy (non-hydrogen) atoms. The highest BCUT2D eigenvalue weighted by molar-refractivity contribution is 5.85. The lowest BCUT2D eigenvalue weighted by atomic mass is 10.00. The van der Waals surface area contributed by atoms with Gasteiger partial charge in [0.2, 0.25) is 0 Å². The molecule has 1 aliphatic carbocycles. The van der Waals surface area contributed by atoms with Crippen molar-refractivity contribution in [3.63, 3.8) is 0 Å². The molecule has 0 unspecified atom stereocenters. The highest BCUT2D eigenvalue weighted by atomic mass is 19.1. The highest BCUT2D eigenvalue weighted by Gasteiger charge is 2.68. The number of carbonyl (C=O) groups excluding carboxylic acids is 1. The van der Waals surface area contributed by atoms with E-state index in [1.165, 1.54) is 0 Å². The van der Waals surface area contributed by atoms with E-state index in [0.29, 0.717) is 19.8 Å². The second-order valence-electron chi connectivity index (χ2n) is 8.06. The van der Waals surface area contributed by atoms with E-state index in [9.17, 15) is 13.6 Å². The maximum absolute atomic E-state index is 14.9. The number of hydrogen-bond acceptors (Lipinski definition) is 5. The topological polar surface area (TPSA) is 60.0 Å². The van der Waals surface area contributed by atoms with Crippen molar-refractivity contribution >= 4 is 17.5 Å². The summed E-state index contributed by atoms with van der Waals surface area (Å²) in [5.41, 5.74) is 0.491. The van der Waals surface area contributed by atoms with Crippen LogP contribution in [0.25, 0.3) is 0 Å². The molecule has 3 aliphatic rings. The first-order valence-corrected chi connectivity index (χ1v) is 10.00. The van der Waals surface area contributed by atoms with Gasteiger partial charge in [-0.2, -0.15) is 0 Å². The SMILES string of the molecule is O=C(Nc1cc(F)c(N2CC3(CC3)C3(C2)OCCO3)c(F)c1)OCc1ccccc1. The van der Waals surface area contributed by atoms with E-state index in [1.54, 1.807) is 4.90 Å². The Bertz CT molecular complexity index is 936. The lowest BCUT2D eigenvalue weighted by Gasteiger charge is -2.27. The number of fused-ring (bicyclic) bond motifs is 1. The maximum atomic E-state index is 14.9. The normalized spacial score (nSPS) is 20.7. The number of rotatable bonds is 4. The van der Waals surface area contributed by atoms with Gasteiger partial charge in [-0.1, -0.05) is 30.3 Å². The van der Waals surface area contributed by atoms with Crippen LogP contribution in [0.3, 0.4) is 0 Å². The molecule has 2 spiro atoms. The number of nitrogens with one attached hydrogen (secondary N) is 1. The second kappa shape index (κ2) is 7.21. The summed E-state index contributed by atoms with van der Waals surface area (Å²) in [6.45, 7) is 1.82. The van der Waals surface area contributed by atoms with E-state index in [-0.39, 0.29) is 29.9 Å². The number of hydrogen-bond donors (Lipinski definition) is 1. The number of ether oxygens (including phenoxy) is 3. The largest absolute Gasteiger partial charge is 0.444 e. The van der Waals surface area contributed by atoms with E-state index in [4.69, 9.17) is 14.2 Å². The second-order valence-corrected chi connectivity index (χ2v) is 8.06. The van der Waals surface area contributed by atoms with Crippen molar-refractivity contribution in [2.75, 3.05) is 36.5 Å². The summed E-state index contributed by atoms with van der Waals surface area (Å²) in [5, 5.41) is 2.38. The Morgan fingerprint density at radius 2 is 1.73 bits per heavy atom. The van der Waals surface area contributed by atoms with Gasteiger partial charge in [-0.25, -0.2) is 13.6 Å². The first-order chi connectivity index (χ1) is 14.5. The van der Waals surface area contributed by atoms with Gasteiger partial charge in [-0.3, -0.25) is 5.32 Å². The molecule has 1 saturated carbocycles. The van der Waals surface area contributed by atoms with E-state index >= 15 is 0 Å². The van der Waals surface area contributed by atoms with Gasteiger partial charge in [0, 0.05) is 17.6 Å². The number of carbonyl (C=O) groups is 1. The summed E-state index contributed by atoms with van der Waals surface area (Å²) < 4.78 is 46.6. The monoisotopic (exact) mass is 416 g/mol. The van der Waals surface area contributed by atoms with E-state index in [2.05, 4.69) is 5.32 Å². The van der Waals surface area contributed by atoms with Crippen LogP contribution in [0.4, 0.5) is 25.0 Å². The zero-order valence-corrected chi connectivity index (χ0v) is 16.3. The van der Waals surface area contributed by atoms with Crippen LogP contribution >= 0.6 is 0 Å². The van der Waals surface area contributed by atoms with Gasteiger partial charge < -0.3 is 19.1 Å². The Kier molecular flexibility index (Phi) is 4.63. The molecule has 5 rings (SSSR count). The average Bonchev–Trinajstić information content (AvgIpc) is 3.23. The van der Waals surface area contributed by atoms with Crippen LogP contribution in [0.1, 0.15) is 18.4 Å². The molecular weight excluding hydrogens is 394 g/mol. The van der Waals surface area contributed by atoms with E-state index < -0.39 is 23.5 Å². The summed E-state index contributed by atoms with van der Waals surface area (Å²) in [7, 11) is 0. The molecule has 2 aromatic carbocycles. The third kappa shape index (κ3) is 3.30.